The molecule has 0 radical (unpaired) electrons. The van der Waals surface area contributed by atoms with Gasteiger partial charge in [0.05, 0.1) is 6.61 Å². The maximum atomic E-state index is 12.7. The number of carbonyl (C=O) groups excluding carboxylic acids is 1. The van der Waals surface area contributed by atoms with E-state index >= 15 is 0 Å². The van der Waals surface area contributed by atoms with Crippen LogP contribution in [-0.2, 0) is 13.7 Å². The summed E-state index contributed by atoms with van der Waals surface area (Å²) in [4.78, 5) is 17.3. The third-order valence-corrected chi connectivity index (χ3v) is 6.15. The summed E-state index contributed by atoms with van der Waals surface area (Å²) in [5, 5.41) is 21.5. The van der Waals surface area contributed by atoms with Crippen LogP contribution in [0.4, 0.5) is 5.69 Å². The number of aliphatic hydroxyl groups excluding tert-OH is 1. The van der Waals surface area contributed by atoms with E-state index in [4.69, 9.17) is 0 Å². The van der Waals surface area contributed by atoms with Crippen LogP contribution in [-0.4, -0.2) is 30.8 Å². The van der Waals surface area contributed by atoms with Gasteiger partial charge in [0.15, 0.2) is 5.16 Å². The Hall–Kier alpha value is -2.71. The van der Waals surface area contributed by atoms with E-state index in [0.29, 0.717) is 11.6 Å². The number of anilines is 1. The van der Waals surface area contributed by atoms with E-state index in [9.17, 15) is 9.90 Å². The summed E-state index contributed by atoms with van der Waals surface area (Å²) in [6.07, 6.45) is 3.80. The maximum Gasteiger partial charge on any atom is 0.274 e. The second kappa shape index (κ2) is 8.34. The standard InChI is InChI=1S/C21H23N5O2S/c1-13(29-21-25-22-12-26(21)2)15-4-3-5-17(10-15)23-20(28)18-9-8-16(11-27)19(24-18)14-6-7-14/h3-5,8-10,12-14,27H,6-7,11H2,1-2H3,(H,23,28)/t13-/m0/s1. The molecule has 1 aromatic carbocycles. The zero-order valence-electron chi connectivity index (χ0n) is 16.4. The third-order valence-electron chi connectivity index (χ3n) is 4.95. The number of carbonyl (C=O) groups is 1. The Bertz CT molecular complexity index is 1030. The topological polar surface area (TPSA) is 92.9 Å². The van der Waals surface area contributed by atoms with Crippen LogP contribution < -0.4 is 5.32 Å². The minimum atomic E-state index is -0.248. The van der Waals surface area contributed by atoms with Gasteiger partial charge in [-0.25, -0.2) is 4.98 Å². The van der Waals surface area contributed by atoms with Crippen LogP contribution in [0.25, 0.3) is 0 Å². The maximum absolute atomic E-state index is 12.7. The van der Waals surface area contributed by atoms with Gasteiger partial charge in [-0.15, -0.1) is 10.2 Å². The fraction of sp³-hybridized carbons (Fsp3) is 0.333. The summed E-state index contributed by atoms with van der Waals surface area (Å²) < 4.78 is 1.88. The van der Waals surface area contributed by atoms with Crippen molar-refractivity contribution < 1.29 is 9.90 Å². The molecule has 1 atom stereocenters. The first-order chi connectivity index (χ1) is 14.0. The predicted molar refractivity (Wildman–Crippen MR) is 112 cm³/mol. The van der Waals surface area contributed by atoms with Crippen LogP contribution in [0.2, 0.25) is 0 Å². The summed E-state index contributed by atoms with van der Waals surface area (Å²) in [5.74, 6) is 0.119. The number of benzene rings is 1. The molecule has 150 valence electrons. The van der Waals surface area contributed by atoms with Crippen molar-refractivity contribution in [3.8, 4) is 0 Å². The summed E-state index contributed by atoms with van der Waals surface area (Å²) in [7, 11) is 1.91. The molecule has 0 saturated heterocycles. The van der Waals surface area contributed by atoms with Gasteiger partial charge in [0.25, 0.3) is 5.91 Å². The number of nitrogens with zero attached hydrogens (tertiary/aromatic N) is 4. The van der Waals surface area contributed by atoms with Gasteiger partial charge >= 0.3 is 0 Å². The van der Waals surface area contributed by atoms with Crippen molar-refractivity contribution in [1.82, 2.24) is 19.7 Å². The van der Waals surface area contributed by atoms with Crippen molar-refractivity contribution in [3.63, 3.8) is 0 Å². The second-order valence-corrected chi connectivity index (χ2v) is 8.55. The number of rotatable bonds is 7. The molecule has 2 heterocycles. The number of aliphatic hydroxyl groups is 1. The molecule has 0 aliphatic heterocycles. The first-order valence-electron chi connectivity index (χ1n) is 9.58. The molecule has 2 aromatic heterocycles. The normalized spacial score (nSPS) is 14.6. The molecule has 1 aliphatic carbocycles. The molecule has 1 aliphatic rings. The molecule has 0 bridgehead atoms. The van der Waals surface area contributed by atoms with Gasteiger partial charge in [-0.1, -0.05) is 30.0 Å². The summed E-state index contributed by atoms with van der Waals surface area (Å²) in [6.45, 7) is 2.04. The predicted octanol–water partition coefficient (Wildman–Crippen LogP) is 3.69. The van der Waals surface area contributed by atoms with Crippen LogP contribution in [0, 0.1) is 0 Å². The number of thioether (sulfide) groups is 1. The highest BCUT2D eigenvalue weighted by atomic mass is 32.2. The first kappa shape index (κ1) is 19.6. The molecule has 1 saturated carbocycles. The smallest absolute Gasteiger partial charge is 0.274 e. The lowest BCUT2D eigenvalue weighted by Gasteiger charge is -2.13. The number of nitrogens with one attached hydrogen (secondary N) is 1. The van der Waals surface area contributed by atoms with Crippen molar-refractivity contribution in [3.05, 3.63) is 65.2 Å². The largest absolute Gasteiger partial charge is 0.392 e. The van der Waals surface area contributed by atoms with E-state index in [1.165, 1.54) is 0 Å². The average molecular weight is 410 g/mol. The van der Waals surface area contributed by atoms with Crippen LogP contribution in [0.15, 0.2) is 47.9 Å². The number of hydrogen-bond acceptors (Lipinski definition) is 6. The van der Waals surface area contributed by atoms with Crippen molar-refractivity contribution in [2.75, 3.05) is 5.32 Å². The number of amides is 1. The van der Waals surface area contributed by atoms with Crippen LogP contribution >= 0.6 is 11.8 Å². The molecule has 3 aromatic rings. The molecule has 4 rings (SSSR count). The van der Waals surface area contributed by atoms with Crippen LogP contribution in [0.5, 0.6) is 0 Å². The summed E-state index contributed by atoms with van der Waals surface area (Å²) >= 11 is 1.61. The molecule has 1 fully saturated rings. The monoisotopic (exact) mass is 409 g/mol. The van der Waals surface area contributed by atoms with E-state index < -0.39 is 0 Å². The SMILES string of the molecule is C[C@H](Sc1nncn1C)c1cccc(NC(=O)c2ccc(CO)c(C3CC3)n2)c1. The summed E-state index contributed by atoms with van der Waals surface area (Å²) in [6, 6.07) is 11.3. The highest BCUT2D eigenvalue weighted by Gasteiger charge is 2.28. The molecular weight excluding hydrogens is 386 g/mol. The van der Waals surface area contributed by atoms with Gasteiger partial charge in [-0.05, 0) is 49.1 Å². The lowest BCUT2D eigenvalue weighted by molar-refractivity contribution is 0.102. The number of aryl methyl sites for hydroxylation is 1. The Labute approximate surface area is 173 Å². The third kappa shape index (κ3) is 4.49. The van der Waals surface area contributed by atoms with Crippen molar-refractivity contribution in [2.24, 2.45) is 7.05 Å². The highest BCUT2D eigenvalue weighted by Crippen LogP contribution is 2.40. The number of pyridine rings is 1. The number of aromatic nitrogens is 4. The van der Waals surface area contributed by atoms with E-state index in [2.05, 4.69) is 27.4 Å². The Morgan fingerprint density at radius 2 is 2.17 bits per heavy atom. The Morgan fingerprint density at radius 1 is 1.34 bits per heavy atom. The second-order valence-electron chi connectivity index (χ2n) is 7.24. The molecule has 1 amide bonds. The van der Waals surface area contributed by atoms with Crippen LogP contribution in [0.3, 0.4) is 0 Å². The molecule has 2 N–H and O–H groups in total. The molecule has 8 heteroatoms. The van der Waals surface area contributed by atoms with Crippen molar-refractivity contribution in [2.45, 2.75) is 42.7 Å². The van der Waals surface area contributed by atoms with Gasteiger partial charge in [-0.3, -0.25) is 4.79 Å². The Kier molecular flexibility index (Phi) is 5.64. The van der Waals surface area contributed by atoms with Gasteiger partial charge < -0.3 is 15.0 Å². The lowest BCUT2D eigenvalue weighted by Crippen LogP contribution is -2.15. The molecule has 7 nitrogen and oxygen atoms in total. The molecular formula is C21H23N5O2S. The Balaban J connectivity index is 1.48. The van der Waals surface area contributed by atoms with Gasteiger partial charge in [0, 0.05) is 29.6 Å². The lowest BCUT2D eigenvalue weighted by atomic mass is 10.1. The van der Waals surface area contributed by atoms with Gasteiger partial charge in [0.1, 0.15) is 12.0 Å². The highest BCUT2D eigenvalue weighted by molar-refractivity contribution is 7.99. The van der Waals surface area contributed by atoms with Crippen molar-refractivity contribution >= 4 is 23.4 Å². The quantitative estimate of drug-likeness (QED) is 0.578. The van der Waals surface area contributed by atoms with Crippen molar-refractivity contribution in [1.29, 1.82) is 0 Å². The average Bonchev–Trinajstić information content (AvgIpc) is 3.51. The van der Waals surface area contributed by atoms with E-state index in [-0.39, 0.29) is 17.8 Å². The first-order valence-corrected chi connectivity index (χ1v) is 10.5. The number of hydrogen-bond donors (Lipinski definition) is 2. The fourth-order valence-corrected chi connectivity index (χ4v) is 4.05. The molecule has 0 spiro atoms. The van der Waals surface area contributed by atoms with E-state index in [1.807, 2.05) is 35.9 Å². The zero-order valence-corrected chi connectivity index (χ0v) is 17.2. The van der Waals surface area contributed by atoms with E-state index in [0.717, 1.165) is 40.5 Å². The minimum Gasteiger partial charge on any atom is -0.392 e. The van der Waals surface area contributed by atoms with E-state index in [1.54, 1.807) is 30.2 Å². The van der Waals surface area contributed by atoms with Gasteiger partial charge in [-0.2, -0.15) is 0 Å². The Morgan fingerprint density at radius 3 is 2.86 bits per heavy atom. The zero-order chi connectivity index (χ0) is 20.4. The fourth-order valence-electron chi connectivity index (χ4n) is 3.14. The van der Waals surface area contributed by atoms with Gasteiger partial charge in [0.2, 0.25) is 0 Å². The molecule has 29 heavy (non-hydrogen) atoms. The summed E-state index contributed by atoms with van der Waals surface area (Å²) in [5.41, 5.74) is 3.83. The van der Waals surface area contributed by atoms with Crippen LogP contribution in [0.1, 0.15) is 58.2 Å². The molecule has 0 unspecified atom stereocenters. The minimum absolute atomic E-state index is 0.0517.